The summed E-state index contributed by atoms with van der Waals surface area (Å²) in [5.41, 5.74) is 0.621. The van der Waals surface area contributed by atoms with Crippen LogP contribution in [0.3, 0.4) is 0 Å². The molecule has 1 aromatic rings. The van der Waals surface area contributed by atoms with Gasteiger partial charge in [-0.1, -0.05) is 6.07 Å². The normalized spacial score (nSPS) is 16.9. The molecule has 0 bridgehead atoms. The topological polar surface area (TPSA) is 60.9 Å². The average molecular weight is 390 g/mol. The molecule has 2 rings (SSSR count). The Morgan fingerprint density at radius 3 is 2.37 bits per heavy atom. The van der Waals surface area contributed by atoms with Gasteiger partial charge in [0.2, 0.25) is 6.10 Å². The second-order valence-electron chi connectivity index (χ2n) is 6.58. The Bertz CT molecular complexity index is 700. The first-order valence-electron chi connectivity index (χ1n) is 8.67. The molecule has 0 radical (unpaired) electrons. The van der Waals surface area contributed by atoms with E-state index in [1.807, 2.05) is 0 Å². The minimum Gasteiger partial charge on any atom is -0.376 e. The highest BCUT2D eigenvalue weighted by molar-refractivity contribution is 5.94. The van der Waals surface area contributed by atoms with E-state index in [9.17, 15) is 27.2 Å². The number of aryl methyl sites for hydroxylation is 1. The second-order valence-corrected chi connectivity index (χ2v) is 6.58. The van der Waals surface area contributed by atoms with Crippen LogP contribution < -0.4 is 0 Å². The first-order chi connectivity index (χ1) is 12.6. The number of hydrogen-bond donors (Lipinski definition) is 1. The number of likely N-dealkylation sites (tertiary alicyclic amines) is 1. The molecule has 150 valence electrons. The van der Waals surface area contributed by atoms with Crippen LogP contribution in [-0.2, 0) is 4.79 Å². The SMILES string of the molecule is CCN(C(=O)c1ccc(C)cc1F)C1CCN(C(=O)[C@@H](O)C(F)(F)F)CC1. The molecule has 0 aromatic heterocycles. The van der Waals surface area contributed by atoms with Crippen LogP contribution in [0, 0.1) is 12.7 Å². The predicted octanol–water partition coefficient (Wildman–Crippen LogP) is 2.51. The van der Waals surface area contributed by atoms with E-state index in [0.29, 0.717) is 12.1 Å². The predicted molar refractivity (Wildman–Crippen MR) is 89.5 cm³/mol. The van der Waals surface area contributed by atoms with Gasteiger partial charge in [0.05, 0.1) is 5.56 Å². The summed E-state index contributed by atoms with van der Waals surface area (Å²) < 4.78 is 51.6. The lowest BCUT2D eigenvalue weighted by molar-refractivity contribution is -0.211. The third-order valence-corrected chi connectivity index (χ3v) is 4.72. The van der Waals surface area contributed by atoms with Crippen molar-refractivity contribution < 1.29 is 32.3 Å². The van der Waals surface area contributed by atoms with Crippen molar-refractivity contribution >= 4 is 11.8 Å². The summed E-state index contributed by atoms with van der Waals surface area (Å²) in [6, 6.07) is 3.98. The van der Waals surface area contributed by atoms with E-state index in [2.05, 4.69) is 0 Å². The summed E-state index contributed by atoms with van der Waals surface area (Å²) in [5, 5.41) is 9.10. The number of carbonyl (C=O) groups excluding carboxylic acids is 2. The standard InChI is InChI=1S/C18H22F4N2O3/c1-3-24(16(26)13-5-4-11(2)10-14(13)19)12-6-8-23(9-7-12)17(27)15(25)18(20,21)22/h4-5,10,12,15,25H,3,6-9H2,1-2H3/t15-/m1/s1. The lowest BCUT2D eigenvalue weighted by atomic mass is 10.0. The molecule has 0 spiro atoms. The molecule has 1 saturated heterocycles. The van der Waals surface area contributed by atoms with Gasteiger partial charge >= 0.3 is 6.18 Å². The first kappa shape index (κ1) is 21.1. The van der Waals surface area contributed by atoms with Crippen LogP contribution in [0.2, 0.25) is 0 Å². The number of aliphatic hydroxyl groups is 1. The van der Waals surface area contributed by atoms with E-state index in [1.165, 1.54) is 17.0 Å². The number of carbonyl (C=O) groups is 2. The summed E-state index contributed by atoms with van der Waals surface area (Å²) >= 11 is 0. The van der Waals surface area contributed by atoms with Gasteiger partial charge in [-0.2, -0.15) is 13.2 Å². The Labute approximate surface area is 154 Å². The summed E-state index contributed by atoms with van der Waals surface area (Å²) in [5.74, 6) is -2.51. The number of nitrogens with zero attached hydrogens (tertiary/aromatic N) is 2. The summed E-state index contributed by atoms with van der Waals surface area (Å²) in [6.07, 6.45) is -7.55. The van der Waals surface area contributed by atoms with Crippen LogP contribution in [0.25, 0.3) is 0 Å². The third-order valence-electron chi connectivity index (χ3n) is 4.72. The van der Waals surface area contributed by atoms with Crippen molar-refractivity contribution in [3.05, 3.63) is 35.1 Å². The number of rotatable bonds is 4. The molecule has 1 heterocycles. The maximum Gasteiger partial charge on any atom is 0.423 e. The van der Waals surface area contributed by atoms with Crippen LogP contribution in [0.15, 0.2) is 18.2 Å². The zero-order valence-electron chi connectivity index (χ0n) is 15.1. The van der Waals surface area contributed by atoms with Crippen molar-refractivity contribution in [1.29, 1.82) is 0 Å². The summed E-state index contributed by atoms with van der Waals surface area (Å²) in [4.78, 5) is 26.8. The lowest BCUT2D eigenvalue weighted by Crippen LogP contribution is -2.53. The van der Waals surface area contributed by atoms with Crippen LogP contribution in [0.1, 0.15) is 35.7 Å². The first-order valence-corrected chi connectivity index (χ1v) is 8.67. The highest BCUT2D eigenvalue weighted by Crippen LogP contribution is 2.25. The molecule has 5 nitrogen and oxygen atoms in total. The summed E-state index contributed by atoms with van der Waals surface area (Å²) in [6.45, 7) is 3.70. The van der Waals surface area contributed by atoms with E-state index in [0.717, 1.165) is 4.90 Å². The fraction of sp³-hybridized carbons (Fsp3) is 0.556. The quantitative estimate of drug-likeness (QED) is 0.804. The Morgan fingerprint density at radius 2 is 1.89 bits per heavy atom. The molecule has 0 aliphatic carbocycles. The molecule has 2 amide bonds. The number of benzene rings is 1. The Hall–Kier alpha value is -2.16. The summed E-state index contributed by atoms with van der Waals surface area (Å²) in [7, 11) is 0. The molecule has 0 unspecified atom stereocenters. The Kier molecular flexibility index (Phi) is 6.46. The van der Waals surface area contributed by atoms with Gasteiger partial charge in [-0.15, -0.1) is 0 Å². The van der Waals surface area contributed by atoms with Gasteiger partial charge in [0.25, 0.3) is 11.8 Å². The Morgan fingerprint density at radius 1 is 1.30 bits per heavy atom. The Balaban J connectivity index is 2.04. The number of piperidine rings is 1. The molecule has 1 aromatic carbocycles. The highest BCUT2D eigenvalue weighted by Gasteiger charge is 2.46. The van der Waals surface area contributed by atoms with E-state index >= 15 is 0 Å². The average Bonchev–Trinajstić information content (AvgIpc) is 2.60. The molecule has 0 saturated carbocycles. The minimum atomic E-state index is -5.01. The van der Waals surface area contributed by atoms with Crippen LogP contribution in [0.4, 0.5) is 17.6 Å². The molecule has 1 aliphatic rings. The van der Waals surface area contributed by atoms with Gasteiger partial charge in [-0.05, 0) is 44.4 Å². The monoisotopic (exact) mass is 390 g/mol. The molecule has 1 atom stereocenters. The molecular weight excluding hydrogens is 368 g/mol. The van der Waals surface area contributed by atoms with Gasteiger partial charge in [-0.3, -0.25) is 9.59 Å². The van der Waals surface area contributed by atoms with E-state index < -0.39 is 29.9 Å². The largest absolute Gasteiger partial charge is 0.423 e. The van der Waals surface area contributed by atoms with E-state index in [4.69, 9.17) is 5.11 Å². The van der Waals surface area contributed by atoms with E-state index in [-0.39, 0.29) is 37.5 Å². The van der Waals surface area contributed by atoms with Crippen molar-refractivity contribution in [3.8, 4) is 0 Å². The second kappa shape index (κ2) is 8.24. The number of aliphatic hydroxyl groups excluding tert-OH is 1. The van der Waals surface area contributed by atoms with Gasteiger partial charge in [-0.25, -0.2) is 4.39 Å². The smallest absolute Gasteiger partial charge is 0.376 e. The van der Waals surface area contributed by atoms with Crippen LogP contribution in [-0.4, -0.2) is 64.7 Å². The van der Waals surface area contributed by atoms with Gasteiger partial charge in [0, 0.05) is 25.7 Å². The van der Waals surface area contributed by atoms with Crippen molar-refractivity contribution in [2.45, 2.75) is 45.0 Å². The zero-order chi connectivity index (χ0) is 20.4. The molecule has 1 N–H and O–H groups in total. The fourth-order valence-electron chi connectivity index (χ4n) is 3.23. The molecule has 27 heavy (non-hydrogen) atoms. The maximum absolute atomic E-state index is 14.1. The van der Waals surface area contributed by atoms with Gasteiger partial charge in [0.15, 0.2) is 0 Å². The molecule has 1 fully saturated rings. The molecule has 1 aliphatic heterocycles. The van der Waals surface area contributed by atoms with Crippen molar-refractivity contribution in [2.75, 3.05) is 19.6 Å². The number of halogens is 4. The maximum atomic E-state index is 14.1. The third kappa shape index (κ3) is 4.77. The van der Waals surface area contributed by atoms with Gasteiger partial charge < -0.3 is 14.9 Å². The van der Waals surface area contributed by atoms with Crippen LogP contribution >= 0.6 is 0 Å². The molecular formula is C18H22F4N2O3. The number of alkyl halides is 3. The molecule has 9 heteroatoms. The van der Waals surface area contributed by atoms with Crippen molar-refractivity contribution in [1.82, 2.24) is 9.80 Å². The minimum absolute atomic E-state index is 0.0171. The van der Waals surface area contributed by atoms with E-state index in [1.54, 1.807) is 19.9 Å². The fourth-order valence-corrected chi connectivity index (χ4v) is 3.23. The van der Waals surface area contributed by atoms with Crippen molar-refractivity contribution in [2.24, 2.45) is 0 Å². The van der Waals surface area contributed by atoms with Crippen molar-refractivity contribution in [3.63, 3.8) is 0 Å². The lowest BCUT2D eigenvalue weighted by Gasteiger charge is -2.38. The highest BCUT2D eigenvalue weighted by atomic mass is 19.4. The number of amides is 2. The number of hydrogen-bond acceptors (Lipinski definition) is 3. The van der Waals surface area contributed by atoms with Crippen LogP contribution in [0.5, 0.6) is 0 Å². The van der Waals surface area contributed by atoms with Gasteiger partial charge in [0.1, 0.15) is 5.82 Å². The zero-order valence-corrected chi connectivity index (χ0v) is 15.1.